The summed E-state index contributed by atoms with van der Waals surface area (Å²) in [6, 6.07) is 1.55. The number of anilines is 1. The minimum atomic E-state index is -0.0734. The van der Waals surface area contributed by atoms with Crippen molar-refractivity contribution in [3.05, 3.63) is 22.3 Å². The first-order chi connectivity index (χ1) is 7.61. The van der Waals surface area contributed by atoms with E-state index in [2.05, 4.69) is 4.98 Å². The van der Waals surface area contributed by atoms with E-state index in [9.17, 15) is 4.79 Å². The van der Waals surface area contributed by atoms with E-state index in [1.165, 1.54) is 11.1 Å². The molecule has 16 heavy (non-hydrogen) atoms. The Labute approximate surface area is 103 Å². The van der Waals surface area contributed by atoms with Crippen LogP contribution in [0.15, 0.2) is 12.3 Å². The second-order valence-electron chi connectivity index (χ2n) is 3.72. The Kier molecular flexibility index (Phi) is 3.33. The molecule has 4 nitrogen and oxygen atoms in total. The van der Waals surface area contributed by atoms with Crippen LogP contribution in [0.3, 0.4) is 0 Å². The van der Waals surface area contributed by atoms with Gasteiger partial charge >= 0.3 is 0 Å². The van der Waals surface area contributed by atoms with E-state index in [4.69, 9.17) is 28.3 Å². The summed E-state index contributed by atoms with van der Waals surface area (Å²) < 4.78 is 0. The standard InChI is InChI=1S/C10H10Cl2N2O2/c11-7-2-8(12)10(13-3-7)14-4-6(5-15)1-9(14)16/h2-3,6,15H,1,4-5H2. The molecule has 0 aliphatic carbocycles. The van der Waals surface area contributed by atoms with Crippen LogP contribution in [0.2, 0.25) is 10.0 Å². The third kappa shape index (κ3) is 2.14. The Hall–Kier alpha value is -0.840. The van der Waals surface area contributed by atoms with Gasteiger partial charge in [-0.05, 0) is 6.07 Å². The number of halogens is 2. The van der Waals surface area contributed by atoms with Gasteiger partial charge in [0.1, 0.15) is 0 Å². The maximum atomic E-state index is 11.7. The highest BCUT2D eigenvalue weighted by molar-refractivity contribution is 6.36. The topological polar surface area (TPSA) is 53.4 Å². The number of aliphatic hydroxyl groups excluding tert-OH is 1. The van der Waals surface area contributed by atoms with Gasteiger partial charge < -0.3 is 5.11 Å². The molecule has 86 valence electrons. The molecular formula is C10H10Cl2N2O2. The molecule has 0 spiro atoms. The van der Waals surface area contributed by atoms with E-state index < -0.39 is 0 Å². The molecule has 1 saturated heterocycles. The maximum Gasteiger partial charge on any atom is 0.228 e. The van der Waals surface area contributed by atoms with Gasteiger partial charge in [0.15, 0.2) is 5.82 Å². The predicted octanol–water partition coefficient (Wildman–Crippen LogP) is 1.73. The molecule has 2 rings (SSSR count). The third-order valence-corrected chi connectivity index (χ3v) is 2.99. The Morgan fingerprint density at radius 2 is 2.31 bits per heavy atom. The number of nitrogens with zero attached hydrogens (tertiary/aromatic N) is 2. The van der Waals surface area contributed by atoms with E-state index in [1.54, 1.807) is 6.07 Å². The summed E-state index contributed by atoms with van der Waals surface area (Å²) in [5.74, 6) is 0.295. The van der Waals surface area contributed by atoms with E-state index in [1.807, 2.05) is 0 Å². The van der Waals surface area contributed by atoms with Crippen molar-refractivity contribution >= 4 is 34.9 Å². The van der Waals surface area contributed by atoms with Crippen LogP contribution in [-0.2, 0) is 4.79 Å². The summed E-state index contributed by atoms with van der Waals surface area (Å²) in [6.07, 6.45) is 1.78. The summed E-state index contributed by atoms with van der Waals surface area (Å²) in [7, 11) is 0. The van der Waals surface area contributed by atoms with Crippen molar-refractivity contribution in [2.45, 2.75) is 6.42 Å². The molecule has 1 unspecified atom stereocenters. The van der Waals surface area contributed by atoms with Gasteiger partial charge in [-0.2, -0.15) is 0 Å². The number of hydrogen-bond donors (Lipinski definition) is 1. The number of aliphatic hydroxyl groups is 1. The van der Waals surface area contributed by atoms with E-state index >= 15 is 0 Å². The number of pyridine rings is 1. The maximum absolute atomic E-state index is 11.7. The number of hydrogen-bond acceptors (Lipinski definition) is 3. The quantitative estimate of drug-likeness (QED) is 0.882. The van der Waals surface area contributed by atoms with Crippen LogP contribution in [0.1, 0.15) is 6.42 Å². The number of aromatic nitrogens is 1. The average Bonchev–Trinajstić information content (AvgIpc) is 2.60. The first-order valence-electron chi connectivity index (χ1n) is 4.84. The Bertz CT molecular complexity index is 425. The fourth-order valence-corrected chi connectivity index (χ4v) is 2.20. The minimum absolute atomic E-state index is 0.00650. The minimum Gasteiger partial charge on any atom is -0.396 e. The summed E-state index contributed by atoms with van der Waals surface area (Å²) in [5.41, 5.74) is 0. The molecule has 1 atom stereocenters. The smallest absolute Gasteiger partial charge is 0.228 e. The zero-order valence-electron chi connectivity index (χ0n) is 8.36. The van der Waals surface area contributed by atoms with Crippen LogP contribution in [0.5, 0.6) is 0 Å². The van der Waals surface area contributed by atoms with E-state index in [0.29, 0.717) is 28.8 Å². The largest absolute Gasteiger partial charge is 0.396 e. The number of amides is 1. The number of carbonyl (C=O) groups is 1. The van der Waals surface area contributed by atoms with Crippen LogP contribution >= 0.6 is 23.2 Å². The zero-order chi connectivity index (χ0) is 11.7. The lowest BCUT2D eigenvalue weighted by molar-refractivity contribution is -0.117. The first kappa shape index (κ1) is 11.6. The highest BCUT2D eigenvalue weighted by Crippen LogP contribution is 2.30. The molecule has 0 radical (unpaired) electrons. The molecule has 1 N–H and O–H groups in total. The summed E-state index contributed by atoms with van der Waals surface area (Å²) in [6.45, 7) is 0.442. The highest BCUT2D eigenvalue weighted by Gasteiger charge is 2.31. The van der Waals surface area contributed by atoms with Crippen LogP contribution in [-0.4, -0.2) is 29.1 Å². The zero-order valence-corrected chi connectivity index (χ0v) is 9.87. The van der Waals surface area contributed by atoms with E-state index in [-0.39, 0.29) is 18.4 Å². The molecule has 1 fully saturated rings. The summed E-state index contributed by atoms with van der Waals surface area (Å²) >= 11 is 11.7. The first-order valence-corrected chi connectivity index (χ1v) is 5.59. The Morgan fingerprint density at radius 3 is 2.88 bits per heavy atom. The van der Waals surface area contributed by atoms with Gasteiger partial charge in [0, 0.05) is 31.7 Å². The fourth-order valence-electron chi connectivity index (χ4n) is 1.71. The van der Waals surface area contributed by atoms with Crippen molar-refractivity contribution in [3.63, 3.8) is 0 Å². The molecule has 1 aromatic heterocycles. The van der Waals surface area contributed by atoms with Crippen molar-refractivity contribution in [3.8, 4) is 0 Å². The molecule has 0 saturated carbocycles. The SMILES string of the molecule is O=C1CC(CO)CN1c1ncc(Cl)cc1Cl. The fraction of sp³-hybridized carbons (Fsp3) is 0.400. The monoisotopic (exact) mass is 260 g/mol. The van der Waals surface area contributed by atoms with Crippen molar-refractivity contribution in [1.82, 2.24) is 4.98 Å². The lowest BCUT2D eigenvalue weighted by Gasteiger charge is -2.16. The van der Waals surface area contributed by atoms with Crippen LogP contribution in [0.25, 0.3) is 0 Å². The summed E-state index contributed by atoms with van der Waals surface area (Å²) in [5, 5.41) is 9.78. The number of rotatable bonds is 2. The predicted molar refractivity (Wildman–Crippen MR) is 61.8 cm³/mol. The van der Waals surface area contributed by atoms with Crippen molar-refractivity contribution in [2.75, 3.05) is 18.1 Å². The molecule has 0 bridgehead atoms. The molecule has 1 aromatic rings. The molecular weight excluding hydrogens is 251 g/mol. The molecule has 1 aliphatic heterocycles. The average molecular weight is 261 g/mol. The highest BCUT2D eigenvalue weighted by atomic mass is 35.5. The third-order valence-electron chi connectivity index (χ3n) is 2.51. The number of carbonyl (C=O) groups excluding carboxylic acids is 1. The van der Waals surface area contributed by atoms with E-state index in [0.717, 1.165) is 0 Å². The Morgan fingerprint density at radius 1 is 1.56 bits per heavy atom. The second kappa shape index (κ2) is 4.57. The molecule has 1 aliphatic rings. The van der Waals surface area contributed by atoms with Crippen molar-refractivity contribution < 1.29 is 9.90 Å². The molecule has 2 heterocycles. The molecule has 1 amide bonds. The second-order valence-corrected chi connectivity index (χ2v) is 4.56. The lowest BCUT2D eigenvalue weighted by Crippen LogP contribution is -2.26. The lowest BCUT2D eigenvalue weighted by atomic mass is 10.1. The van der Waals surface area contributed by atoms with Gasteiger partial charge in [0.2, 0.25) is 5.91 Å². The van der Waals surface area contributed by atoms with Crippen LogP contribution in [0.4, 0.5) is 5.82 Å². The van der Waals surface area contributed by atoms with Crippen LogP contribution < -0.4 is 4.90 Å². The van der Waals surface area contributed by atoms with Gasteiger partial charge in [-0.15, -0.1) is 0 Å². The summed E-state index contributed by atoms with van der Waals surface area (Å²) in [4.78, 5) is 17.2. The van der Waals surface area contributed by atoms with Gasteiger partial charge in [-0.3, -0.25) is 9.69 Å². The normalized spacial score (nSPS) is 20.6. The van der Waals surface area contributed by atoms with Crippen LogP contribution in [0, 0.1) is 5.92 Å². The van der Waals surface area contributed by atoms with Gasteiger partial charge in [0.05, 0.1) is 10.0 Å². The molecule has 0 aromatic carbocycles. The van der Waals surface area contributed by atoms with Gasteiger partial charge in [-0.1, -0.05) is 23.2 Å². The van der Waals surface area contributed by atoms with Crippen molar-refractivity contribution in [2.24, 2.45) is 5.92 Å². The Balaban J connectivity index is 2.28. The molecule has 6 heteroatoms. The van der Waals surface area contributed by atoms with Gasteiger partial charge in [0.25, 0.3) is 0 Å². The van der Waals surface area contributed by atoms with Gasteiger partial charge in [-0.25, -0.2) is 4.98 Å². The van der Waals surface area contributed by atoms with Crippen molar-refractivity contribution in [1.29, 1.82) is 0 Å².